The largest absolute Gasteiger partial charge is 0.296 e. The summed E-state index contributed by atoms with van der Waals surface area (Å²) in [6.07, 6.45) is 16.2. The van der Waals surface area contributed by atoms with E-state index in [1.54, 1.807) is 11.1 Å². The molecule has 2 atom stereocenters. The van der Waals surface area contributed by atoms with Gasteiger partial charge in [0.05, 0.1) is 12.1 Å². The number of nitrogens with zero attached hydrogens (tertiary/aromatic N) is 3. The molecule has 3 heteroatoms. The molecule has 5 rings (SSSR count). The number of rotatable bonds is 5. The third-order valence-corrected chi connectivity index (χ3v) is 8.22. The number of allylic oxidation sites excluding steroid dienone is 1. The fraction of sp³-hybridized carbons (Fsp3) is 0.643. The van der Waals surface area contributed by atoms with E-state index in [1.807, 2.05) is 0 Å². The Hall–Kier alpha value is -1.74. The van der Waals surface area contributed by atoms with Gasteiger partial charge >= 0.3 is 0 Å². The zero-order valence-electron chi connectivity index (χ0n) is 19.3. The van der Waals surface area contributed by atoms with E-state index in [2.05, 4.69) is 48.4 Å². The second-order valence-electron chi connectivity index (χ2n) is 10.1. The number of hydrogen-bond acceptors (Lipinski definition) is 3. The van der Waals surface area contributed by atoms with Crippen LogP contribution in [0.5, 0.6) is 0 Å². The highest BCUT2D eigenvalue weighted by Gasteiger charge is 2.35. The SMILES string of the molecule is CCN(Cc1ccccc1)C1CCC(N=C2CCC=NC3CCC4CCCC4=C23)CC1. The van der Waals surface area contributed by atoms with Crippen LogP contribution in [0.15, 0.2) is 51.5 Å². The molecule has 0 saturated heterocycles. The van der Waals surface area contributed by atoms with Crippen molar-refractivity contribution in [2.24, 2.45) is 15.9 Å². The number of fused-ring (bicyclic) bond motifs is 2. The summed E-state index contributed by atoms with van der Waals surface area (Å²) in [5.74, 6) is 0.844. The van der Waals surface area contributed by atoms with Crippen LogP contribution in [0.3, 0.4) is 0 Å². The van der Waals surface area contributed by atoms with Gasteiger partial charge in [-0.05, 0) is 100 Å². The van der Waals surface area contributed by atoms with E-state index in [4.69, 9.17) is 9.98 Å². The van der Waals surface area contributed by atoms with Gasteiger partial charge in [-0.25, -0.2) is 0 Å². The summed E-state index contributed by atoms with van der Waals surface area (Å²) in [5, 5.41) is 0. The summed E-state index contributed by atoms with van der Waals surface area (Å²) >= 11 is 0. The van der Waals surface area contributed by atoms with Crippen LogP contribution in [0.4, 0.5) is 0 Å². The summed E-state index contributed by atoms with van der Waals surface area (Å²) in [7, 11) is 0. The lowest BCUT2D eigenvalue weighted by molar-refractivity contribution is 0.149. The second kappa shape index (κ2) is 9.81. The fourth-order valence-corrected chi connectivity index (χ4v) is 6.60. The summed E-state index contributed by atoms with van der Waals surface area (Å²) in [5.41, 5.74) is 6.24. The highest BCUT2D eigenvalue weighted by Crippen LogP contribution is 2.44. The van der Waals surface area contributed by atoms with Gasteiger partial charge in [-0.2, -0.15) is 0 Å². The minimum Gasteiger partial charge on any atom is -0.296 e. The van der Waals surface area contributed by atoms with Crippen molar-refractivity contribution in [1.82, 2.24) is 4.90 Å². The molecule has 0 bridgehead atoms. The summed E-state index contributed by atoms with van der Waals surface area (Å²) < 4.78 is 0. The monoisotopic (exact) mass is 417 g/mol. The highest BCUT2D eigenvalue weighted by atomic mass is 15.1. The number of benzene rings is 1. The molecule has 166 valence electrons. The molecule has 3 nitrogen and oxygen atoms in total. The zero-order chi connectivity index (χ0) is 21.0. The van der Waals surface area contributed by atoms with Gasteiger partial charge in [-0.15, -0.1) is 0 Å². The third-order valence-electron chi connectivity index (χ3n) is 8.22. The Morgan fingerprint density at radius 3 is 2.61 bits per heavy atom. The normalized spacial score (nSPS) is 32.3. The molecule has 1 heterocycles. The molecule has 2 saturated carbocycles. The van der Waals surface area contributed by atoms with E-state index >= 15 is 0 Å². The molecule has 0 amide bonds. The topological polar surface area (TPSA) is 28.0 Å². The van der Waals surface area contributed by atoms with E-state index in [9.17, 15) is 0 Å². The van der Waals surface area contributed by atoms with Crippen molar-refractivity contribution in [3.63, 3.8) is 0 Å². The molecule has 2 fully saturated rings. The maximum Gasteiger partial charge on any atom is 0.0762 e. The number of aliphatic imine (C=N–C) groups is 2. The first-order valence-electron chi connectivity index (χ1n) is 12.9. The van der Waals surface area contributed by atoms with Crippen molar-refractivity contribution in [2.75, 3.05) is 6.54 Å². The van der Waals surface area contributed by atoms with Gasteiger partial charge in [0.2, 0.25) is 0 Å². The molecule has 31 heavy (non-hydrogen) atoms. The standard InChI is InChI=1S/C28H39N3/c1-2-31(20-21-8-4-3-5-9-21)24-16-14-23(15-17-24)30-27-12-7-19-29-26-18-13-22-10-6-11-25(22)28(26)27/h3-5,8-9,19,22-24,26H,2,6-7,10-18,20H2,1H3. The predicted octanol–water partition coefficient (Wildman–Crippen LogP) is 6.38. The lowest BCUT2D eigenvalue weighted by Crippen LogP contribution is -2.38. The summed E-state index contributed by atoms with van der Waals surface area (Å²) in [6.45, 7) is 4.53. The average molecular weight is 418 g/mol. The molecular weight excluding hydrogens is 378 g/mol. The molecule has 0 N–H and O–H groups in total. The second-order valence-corrected chi connectivity index (χ2v) is 10.1. The van der Waals surface area contributed by atoms with E-state index in [0.717, 1.165) is 31.8 Å². The van der Waals surface area contributed by atoms with Crippen molar-refractivity contribution in [3.05, 3.63) is 47.0 Å². The molecule has 1 aromatic rings. The summed E-state index contributed by atoms with van der Waals surface area (Å²) in [6, 6.07) is 12.6. The predicted molar refractivity (Wildman–Crippen MR) is 131 cm³/mol. The Labute approximate surface area is 188 Å². The molecule has 2 unspecified atom stereocenters. The molecule has 3 aliphatic carbocycles. The van der Waals surface area contributed by atoms with Gasteiger partial charge in [-0.1, -0.05) is 42.8 Å². The van der Waals surface area contributed by atoms with Crippen LogP contribution < -0.4 is 0 Å². The van der Waals surface area contributed by atoms with Crippen molar-refractivity contribution >= 4 is 11.9 Å². The van der Waals surface area contributed by atoms with Crippen LogP contribution in [0, 0.1) is 5.92 Å². The minimum absolute atomic E-state index is 0.420. The Morgan fingerprint density at radius 1 is 0.968 bits per heavy atom. The van der Waals surface area contributed by atoms with Crippen LogP contribution in [0.1, 0.15) is 83.1 Å². The van der Waals surface area contributed by atoms with E-state index in [1.165, 1.54) is 69.1 Å². The molecule has 1 aromatic carbocycles. The van der Waals surface area contributed by atoms with Crippen LogP contribution in [-0.2, 0) is 6.54 Å². The lowest BCUT2D eigenvalue weighted by atomic mass is 9.79. The Kier molecular flexibility index (Phi) is 6.69. The van der Waals surface area contributed by atoms with Gasteiger partial charge < -0.3 is 0 Å². The van der Waals surface area contributed by atoms with Gasteiger partial charge in [0.15, 0.2) is 0 Å². The van der Waals surface area contributed by atoms with Gasteiger partial charge in [0, 0.05) is 18.3 Å². The Bertz CT molecular complexity index is 829. The lowest BCUT2D eigenvalue weighted by Gasteiger charge is -2.36. The van der Waals surface area contributed by atoms with Crippen LogP contribution in [0.2, 0.25) is 0 Å². The molecule has 4 aliphatic rings. The van der Waals surface area contributed by atoms with Crippen molar-refractivity contribution in [1.29, 1.82) is 0 Å². The minimum atomic E-state index is 0.420. The fourth-order valence-electron chi connectivity index (χ4n) is 6.60. The smallest absolute Gasteiger partial charge is 0.0762 e. The first-order chi connectivity index (χ1) is 15.3. The highest BCUT2D eigenvalue weighted by molar-refractivity contribution is 6.04. The quantitative estimate of drug-likeness (QED) is 0.546. The van der Waals surface area contributed by atoms with Crippen molar-refractivity contribution < 1.29 is 0 Å². The van der Waals surface area contributed by atoms with E-state index in [0.29, 0.717) is 18.1 Å². The van der Waals surface area contributed by atoms with E-state index < -0.39 is 0 Å². The molecule has 0 radical (unpaired) electrons. The Morgan fingerprint density at radius 2 is 1.81 bits per heavy atom. The summed E-state index contributed by atoms with van der Waals surface area (Å²) in [4.78, 5) is 13.1. The zero-order valence-corrected chi connectivity index (χ0v) is 19.3. The van der Waals surface area contributed by atoms with Crippen LogP contribution in [-0.4, -0.2) is 41.5 Å². The van der Waals surface area contributed by atoms with Crippen molar-refractivity contribution in [3.8, 4) is 0 Å². The molecular formula is C28H39N3. The number of hydrogen-bond donors (Lipinski definition) is 0. The Balaban J connectivity index is 1.27. The van der Waals surface area contributed by atoms with Crippen molar-refractivity contribution in [2.45, 2.75) is 102 Å². The average Bonchev–Trinajstić information content (AvgIpc) is 3.20. The van der Waals surface area contributed by atoms with Gasteiger partial charge in [0.25, 0.3) is 0 Å². The van der Waals surface area contributed by atoms with Gasteiger partial charge in [0.1, 0.15) is 0 Å². The molecule has 0 spiro atoms. The van der Waals surface area contributed by atoms with Crippen LogP contribution in [0.25, 0.3) is 0 Å². The maximum absolute atomic E-state index is 5.46. The van der Waals surface area contributed by atoms with Crippen LogP contribution >= 0.6 is 0 Å². The third kappa shape index (κ3) is 4.72. The first-order valence-corrected chi connectivity index (χ1v) is 12.9. The molecule has 0 aromatic heterocycles. The van der Waals surface area contributed by atoms with Gasteiger partial charge in [-0.3, -0.25) is 14.9 Å². The molecule has 1 aliphatic heterocycles. The first kappa shape index (κ1) is 21.1. The maximum atomic E-state index is 5.46. The van der Waals surface area contributed by atoms with E-state index in [-0.39, 0.29) is 0 Å².